The standard InChI is InChI=1S/C16H18N2O3S/c1-12-17-11-15(21-12)8-9-18-22(19,20)16-7-6-13-4-2-3-5-14(13)10-16/h2-5,10-11,18H,6-9H2,1H3. The molecule has 1 aromatic carbocycles. The quantitative estimate of drug-likeness (QED) is 0.919. The first-order chi connectivity index (χ1) is 10.5. The van der Waals surface area contributed by atoms with Gasteiger partial charge in [0.2, 0.25) is 10.0 Å². The number of nitrogens with one attached hydrogen (secondary N) is 1. The summed E-state index contributed by atoms with van der Waals surface area (Å²) in [5, 5.41) is 0. The molecule has 116 valence electrons. The number of allylic oxidation sites excluding steroid dienone is 1. The predicted molar refractivity (Wildman–Crippen MR) is 84.6 cm³/mol. The molecule has 0 saturated heterocycles. The fourth-order valence-corrected chi connectivity index (χ4v) is 3.75. The molecule has 0 spiro atoms. The summed E-state index contributed by atoms with van der Waals surface area (Å²) < 4.78 is 32.7. The summed E-state index contributed by atoms with van der Waals surface area (Å²) in [6.07, 6.45) is 5.17. The Morgan fingerprint density at radius 1 is 1.27 bits per heavy atom. The minimum absolute atomic E-state index is 0.302. The van der Waals surface area contributed by atoms with Crippen LogP contribution in [-0.4, -0.2) is 19.9 Å². The van der Waals surface area contributed by atoms with Crippen LogP contribution in [0.1, 0.15) is 29.2 Å². The molecule has 0 aliphatic heterocycles. The number of fused-ring (bicyclic) bond motifs is 1. The third-order valence-electron chi connectivity index (χ3n) is 3.69. The maximum atomic E-state index is 12.4. The average Bonchev–Trinajstić information content (AvgIpc) is 2.92. The molecule has 1 aliphatic carbocycles. The van der Waals surface area contributed by atoms with Gasteiger partial charge in [0.15, 0.2) is 5.89 Å². The number of aryl methyl sites for hydroxylation is 2. The van der Waals surface area contributed by atoms with Crippen LogP contribution in [0, 0.1) is 6.92 Å². The van der Waals surface area contributed by atoms with Crippen molar-refractivity contribution in [3.8, 4) is 0 Å². The fraction of sp³-hybridized carbons (Fsp3) is 0.312. The molecule has 0 fully saturated rings. The van der Waals surface area contributed by atoms with Gasteiger partial charge in [0.1, 0.15) is 5.76 Å². The molecular formula is C16H18N2O3S. The van der Waals surface area contributed by atoms with Crippen molar-refractivity contribution in [2.45, 2.75) is 26.2 Å². The minimum Gasteiger partial charge on any atom is -0.446 e. The smallest absolute Gasteiger partial charge is 0.236 e. The second-order valence-corrected chi connectivity index (χ2v) is 7.12. The SMILES string of the molecule is Cc1ncc(CCNS(=O)(=O)C2=Cc3ccccc3CC2)o1. The maximum Gasteiger partial charge on any atom is 0.236 e. The summed E-state index contributed by atoms with van der Waals surface area (Å²) >= 11 is 0. The normalized spacial score (nSPS) is 14.5. The highest BCUT2D eigenvalue weighted by atomic mass is 32.2. The van der Waals surface area contributed by atoms with Gasteiger partial charge < -0.3 is 4.42 Å². The molecule has 0 atom stereocenters. The predicted octanol–water partition coefficient (Wildman–Crippen LogP) is 2.43. The van der Waals surface area contributed by atoms with Crippen molar-refractivity contribution in [2.75, 3.05) is 6.54 Å². The van der Waals surface area contributed by atoms with Gasteiger partial charge in [-0.15, -0.1) is 0 Å². The van der Waals surface area contributed by atoms with E-state index in [9.17, 15) is 8.42 Å². The maximum absolute atomic E-state index is 12.4. The molecule has 0 bridgehead atoms. The number of hydrogen-bond donors (Lipinski definition) is 1. The van der Waals surface area contributed by atoms with Crippen LogP contribution in [-0.2, 0) is 22.9 Å². The Bertz CT molecular complexity index is 806. The number of hydrogen-bond acceptors (Lipinski definition) is 4. The van der Waals surface area contributed by atoms with Crippen molar-refractivity contribution < 1.29 is 12.8 Å². The van der Waals surface area contributed by atoms with Crippen LogP contribution in [0.4, 0.5) is 0 Å². The highest BCUT2D eigenvalue weighted by Gasteiger charge is 2.21. The third kappa shape index (κ3) is 3.28. The molecule has 0 radical (unpaired) electrons. The van der Waals surface area contributed by atoms with Crippen LogP contribution in [0.3, 0.4) is 0 Å². The molecule has 3 rings (SSSR count). The van der Waals surface area contributed by atoms with E-state index in [4.69, 9.17) is 4.42 Å². The Morgan fingerprint density at radius 2 is 2.09 bits per heavy atom. The largest absolute Gasteiger partial charge is 0.446 e. The molecule has 2 aromatic rings. The Morgan fingerprint density at radius 3 is 2.86 bits per heavy atom. The van der Waals surface area contributed by atoms with E-state index in [1.807, 2.05) is 24.3 Å². The number of rotatable bonds is 5. The minimum atomic E-state index is -3.44. The Hall–Kier alpha value is -1.92. The lowest BCUT2D eigenvalue weighted by atomic mass is 9.98. The van der Waals surface area contributed by atoms with E-state index in [1.54, 1.807) is 19.2 Å². The van der Waals surface area contributed by atoms with E-state index in [0.717, 1.165) is 12.0 Å². The summed E-state index contributed by atoms with van der Waals surface area (Å²) in [6, 6.07) is 7.88. The molecule has 0 amide bonds. The van der Waals surface area contributed by atoms with E-state index < -0.39 is 10.0 Å². The van der Waals surface area contributed by atoms with Crippen molar-refractivity contribution in [2.24, 2.45) is 0 Å². The van der Waals surface area contributed by atoms with Crippen LogP contribution in [0.2, 0.25) is 0 Å². The molecule has 1 aliphatic rings. The number of nitrogens with zero attached hydrogens (tertiary/aromatic N) is 1. The van der Waals surface area contributed by atoms with E-state index in [1.165, 1.54) is 5.56 Å². The van der Waals surface area contributed by atoms with Crippen LogP contribution in [0.25, 0.3) is 6.08 Å². The van der Waals surface area contributed by atoms with Crippen molar-refractivity contribution in [3.05, 3.63) is 58.1 Å². The molecule has 1 aromatic heterocycles. The van der Waals surface area contributed by atoms with Crippen LogP contribution in [0.5, 0.6) is 0 Å². The summed E-state index contributed by atoms with van der Waals surface area (Å²) in [5.74, 6) is 1.27. The zero-order valence-electron chi connectivity index (χ0n) is 12.4. The van der Waals surface area contributed by atoms with E-state index in [2.05, 4.69) is 9.71 Å². The summed E-state index contributed by atoms with van der Waals surface area (Å²) in [4.78, 5) is 4.44. The zero-order valence-corrected chi connectivity index (χ0v) is 13.2. The molecule has 0 unspecified atom stereocenters. The molecule has 22 heavy (non-hydrogen) atoms. The Balaban J connectivity index is 1.67. The molecule has 1 N–H and O–H groups in total. The van der Waals surface area contributed by atoms with Crippen LogP contribution in [0.15, 0.2) is 39.8 Å². The van der Waals surface area contributed by atoms with Gasteiger partial charge in [0.25, 0.3) is 0 Å². The van der Waals surface area contributed by atoms with Crippen molar-refractivity contribution in [3.63, 3.8) is 0 Å². The lowest BCUT2D eigenvalue weighted by molar-refractivity contribution is 0.473. The summed E-state index contributed by atoms with van der Waals surface area (Å²) in [6.45, 7) is 2.06. The lowest BCUT2D eigenvalue weighted by Crippen LogP contribution is -2.28. The molecule has 5 nitrogen and oxygen atoms in total. The highest BCUT2D eigenvalue weighted by Crippen LogP contribution is 2.26. The topological polar surface area (TPSA) is 72.2 Å². The van der Waals surface area contributed by atoms with Gasteiger partial charge in [-0.1, -0.05) is 24.3 Å². The molecule has 1 heterocycles. The van der Waals surface area contributed by atoms with Gasteiger partial charge in [-0.3, -0.25) is 0 Å². The van der Waals surface area contributed by atoms with Gasteiger partial charge in [-0.2, -0.15) is 0 Å². The molecular weight excluding hydrogens is 300 g/mol. The van der Waals surface area contributed by atoms with Crippen molar-refractivity contribution >= 4 is 16.1 Å². The van der Waals surface area contributed by atoms with Crippen LogP contribution >= 0.6 is 0 Å². The van der Waals surface area contributed by atoms with Gasteiger partial charge in [-0.05, 0) is 30.0 Å². The first kappa shape index (κ1) is 15.0. The van der Waals surface area contributed by atoms with Crippen molar-refractivity contribution in [1.29, 1.82) is 0 Å². The molecule has 0 saturated carbocycles. The lowest BCUT2D eigenvalue weighted by Gasteiger charge is -2.16. The zero-order chi connectivity index (χ0) is 15.6. The first-order valence-corrected chi connectivity index (χ1v) is 8.72. The second kappa shape index (κ2) is 6.06. The fourth-order valence-electron chi connectivity index (χ4n) is 2.54. The van der Waals surface area contributed by atoms with Gasteiger partial charge in [0.05, 0.1) is 11.1 Å². The average molecular weight is 318 g/mol. The second-order valence-electron chi connectivity index (χ2n) is 5.30. The number of benzene rings is 1. The number of sulfonamides is 1. The first-order valence-electron chi connectivity index (χ1n) is 7.24. The third-order valence-corrected chi connectivity index (χ3v) is 5.29. The van der Waals surface area contributed by atoms with Crippen molar-refractivity contribution in [1.82, 2.24) is 9.71 Å². The van der Waals surface area contributed by atoms with Gasteiger partial charge in [0, 0.05) is 19.9 Å². The van der Waals surface area contributed by atoms with Crippen LogP contribution < -0.4 is 4.72 Å². The highest BCUT2D eigenvalue weighted by molar-refractivity contribution is 7.93. The summed E-state index contributed by atoms with van der Waals surface area (Å²) in [7, 11) is -3.44. The van der Waals surface area contributed by atoms with Gasteiger partial charge >= 0.3 is 0 Å². The summed E-state index contributed by atoms with van der Waals surface area (Å²) in [5.41, 5.74) is 2.18. The van der Waals surface area contributed by atoms with E-state index in [-0.39, 0.29) is 0 Å². The number of aromatic nitrogens is 1. The monoisotopic (exact) mass is 318 g/mol. The Labute approximate surface area is 130 Å². The van der Waals surface area contributed by atoms with E-state index >= 15 is 0 Å². The number of oxazole rings is 1. The molecule has 6 heteroatoms. The Kier molecular flexibility index (Phi) is 4.13. The van der Waals surface area contributed by atoms with Gasteiger partial charge in [-0.25, -0.2) is 18.1 Å². The van der Waals surface area contributed by atoms with E-state index in [0.29, 0.717) is 35.9 Å².